The van der Waals surface area contributed by atoms with Crippen LogP contribution in [-0.2, 0) is 0 Å². The van der Waals surface area contributed by atoms with Crippen molar-refractivity contribution < 1.29 is 8.78 Å². The summed E-state index contributed by atoms with van der Waals surface area (Å²) in [6.45, 7) is 3.96. The van der Waals surface area contributed by atoms with Gasteiger partial charge < -0.3 is 0 Å². The average molecular weight is 255 g/mol. The van der Waals surface area contributed by atoms with Crippen molar-refractivity contribution in [3.05, 3.63) is 46.5 Å². The van der Waals surface area contributed by atoms with Gasteiger partial charge in [-0.1, -0.05) is 37.6 Å². The first-order chi connectivity index (χ1) is 8.00. The summed E-state index contributed by atoms with van der Waals surface area (Å²) in [7, 11) is 0. The van der Waals surface area contributed by atoms with E-state index in [9.17, 15) is 8.78 Å². The van der Waals surface area contributed by atoms with E-state index >= 15 is 0 Å². The van der Waals surface area contributed by atoms with Crippen LogP contribution in [0.4, 0.5) is 8.78 Å². The van der Waals surface area contributed by atoms with Gasteiger partial charge in [-0.15, -0.1) is 0 Å². The Bertz CT molecular complexity index is 547. The van der Waals surface area contributed by atoms with Gasteiger partial charge >= 0.3 is 0 Å². The number of rotatable bonds is 2. The van der Waals surface area contributed by atoms with Gasteiger partial charge in [0.15, 0.2) is 0 Å². The third-order valence-electron chi connectivity index (χ3n) is 2.85. The molecular weight excluding hydrogens is 242 g/mol. The van der Waals surface area contributed by atoms with Crippen LogP contribution in [0.15, 0.2) is 30.3 Å². The van der Waals surface area contributed by atoms with Gasteiger partial charge in [0.05, 0.1) is 0 Å². The highest BCUT2D eigenvalue weighted by Crippen LogP contribution is 2.34. The third kappa shape index (κ3) is 2.27. The molecule has 0 bridgehead atoms. The number of halogens is 3. The molecule has 0 aliphatic heterocycles. The van der Waals surface area contributed by atoms with E-state index in [0.29, 0.717) is 5.02 Å². The standard InChI is InChI=1S/C14H13ClF2/c1-8(2)11-7-10(14(16)17)6-9-4-3-5-12(15)13(9)11/h3-8,14H,1-2H3. The molecule has 0 atom stereocenters. The van der Waals surface area contributed by atoms with E-state index in [1.165, 1.54) is 6.07 Å². The van der Waals surface area contributed by atoms with E-state index in [2.05, 4.69) is 0 Å². The minimum Gasteiger partial charge on any atom is -0.205 e. The van der Waals surface area contributed by atoms with Crippen molar-refractivity contribution in [1.82, 2.24) is 0 Å². The van der Waals surface area contributed by atoms with Crippen molar-refractivity contribution in [3.63, 3.8) is 0 Å². The molecule has 0 aliphatic carbocycles. The Hall–Kier alpha value is -1.15. The van der Waals surface area contributed by atoms with E-state index in [4.69, 9.17) is 11.6 Å². The summed E-state index contributed by atoms with van der Waals surface area (Å²) < 4.78 is 25.6. The molecule has 0 aromatic heterocycles. The summed E-state index contributed by atoms with van der Waals surface area (Å²) in [6, 6.07) is 8.46. The molecule has 0 saturated carbocycles. The van der Waals surface area contributed by atoms with Crippen molar-refractivity contribution >= 4 is 22.4 Å². The minimum absolute atomic E-state index is 0.0588. The van der Waals surface area contributed by atoms with E-state index in [1.807, 2.05) is 19.9 Å². The second kappa shape index (κ2) is 4.61. The number of alkyl halides is 2. The normalized spacial score (nSPS) is 11.7. The van der Waals surface area contributed by atoms with Crippen LogP contribution in [0, 0.1) is 0 Å². The van der Waals surface area contributed by atoms with Crippen LogP contribution in [0.3, 0.4) is 0 Å². The van der Waals surface area contributed by atoms with Gasteiger partial charge in [-0.2, -0.15) is 0 Å². The smallest absolute Gasteiger partial charge is 0.205 e. The predicted octanol–water partition coefficient (Wildman–Crippen LogP) is 5.55. The number of hydrogen-bond acceptors (Lipinski definition) is 0. The van der Waals surface area contributed by atoms with Crippen molar-refractivity contribution in [3.8, 4) is 0 Å². The SMILES string of the molecule is CC(C)c1cc(C(F)F)cc2cccc(Cl)c12. The molecule has 90 valence electrons. The zero-order valence-electron chi connectivity index (χ0n) is 9.68. The summed E-state index contributed by atoms with van der Waals surface area (Å²) in [5.41, 5.74) is 0.937. The highest BCUT2D eigenvalue weighted by molar-refractivity contribution is 6.35. The third-order valence-corrected chi connectivity index (χ3v) is 3.17. The average Bonchev–Trinajstić information content (AvgIpc) is 2.27. The Morgan fingerprint density at radius 1 is 1.12 bits per heavy atom. The minimum atomic E-state index is -2.45. The summed E-state index contributed by atoms with van der Waals surface area (Å²) in [5, 5.41) is 2.28. The maximum atomic E-state index is 12.8. The van der Waals surface area contributed by atoms with Gasteiger partial charge in [0.25, 0.3) is 6.43 Å². The Morgan fingerprint density at radius 2 is 1.82 bits per heavy atom. The molecule has 0 amide bonds. The first-order valence-corrected chi connectivity index (χ1v) is 5.88. The lowest BCUT2D eigenvalue weighted by Gasteiger charge is -2.14. The second-order valence-electron chi connectivity index (χ2n) is 4.40. The van der Waals surface area contributed by atoms with E-state index in [1.54, 1.807) is 18.2 Å². The van der Waals surface area contributed by atoms with Crippen LogP contribution < -0.4 is 0 Å². The van der Waals surface area contributed by atoms with Crippen LogP contribution >= 0.6 is 11.6 Å². The maximum absolute atomic E-state index is 12.8. The quantitative estimate of drug-likeness (QED) is 0.659. The Morgan fingerprint density at radius 3 is 2.41 bits per heavy atom. The second-order valence-corrected chi connectivity index (χ2v) is 4.81. The van der Waals surface area contributed by atoms with E-state index in [-0.39, 0.29) is 11.5 Å². The Kier molecular flexibility index (Phi) is 3.34. The molecule has 0 aliphatic rings. The fourth-order valence-corrected chi connectivity index (χ4v) is 2.31. The largest absolute Gasteiger partial charge is 0.263 e. The van der Waals surface area contributed by atoms with Gasteiger partial charge in [0.2, 0.25) is 0 Å². The number of fused-ring (bicyclic) bond motifs is 1. The molecule has 0 spiro atoms. The van der Waals surface area contributed by atoms with Crippen molar-refractivity contribution in [2.45, 2.75) is 26.2 Å². The highest BCUT2D eigenvalue weighted by Gasteiger charge is 2.14. The van der Waals surface area contributed by atoms with Crippen molar-refractivity contribution in [2.24, 2.45) is 0 Å². The first kappa shape index (κ1) is 12.3. The van der Waals surface area contributed by atoms with Crippen LogP contribution in [0.1, 0.15) is 37.3 Å². The predicted molar refractivity (Wildman–Crippen MR) is 68.0 cm³/mol. The topological polar surface area (TPSA) is 0 Å². The van der Waals surface area contributed by atoms with Crippen LogP contribution in [0.5, 0.6) is 0 Å². The molecular formula is C14H13ClF2. The van der Waals surface area contributed by atoms with E-state index in [0.717, 1.165) is 16.3 Å². The molecule has 0 nitrogen and oxygen atoms in total. The first-order valence-electron chi connectivity index (χ1n) is 5.51. The van der Waals surface area contributed by atoms with Crippen molar-refractivity contribution in [1.29, 1.82) is 0 Å². The summed E-state index contributed by atoms with van der Waals surface area (Å²) in [5.74, 6) is 0.163. The summed E-state index contributed by atoms with van der Waals surface area (Å²) >= 11 is 6.15. The van der Waals surface area contributed by atoms with Crippen molar-refractivity contribution in [2.75, 3.05) is 0 Å². The zero-order chi connectivity index (χ0) is 12.6. The number of benzene rings is 2. The lowest BCUT2D eigenvalue weighted by molar-refractivity contribution is 0.151. The fourth-order valence-electron chi connectivity index (χ4n) is 2.02. The lowest BCUT2D eigenvalue weighted by atomic mass is 9.93. The molecule has 2 rings (SSSR count). The monoisotopic (exact) mass is 254 g/mol. The molecule has 0 unspecified atom stereocenters. The summed E-state index contributed by atoms with van der Waals surface area (Å²) in [4.78, 5) is 0. The zero-order valence-corrected chi connectivity index (χ0v) is 10.4. The maximum Gasteiger partial charge on any atom is 0.263 e. The van der Waals surface area contributed by atoms with Crippen LogP contribution in [0.2, 0.25) is 5.02 Å². The van der Waals surface area contributed by atoms with Crippen LogP contribution in [-0.4, -0.2) is 0 Å². The fraction of sp³-hybridized carbons (Fsp3) is 0.286. The molecule has 2 aromatic carbocycles. The molecule has 2 aromatic rings. The molecule has 17 heavy (non-hydrogen) atoms. The summed E-state index contributed by atoms with van der Waals surface area (Å²) in [6.07, 6.45) is -2.45. The van der Waals surface area contributed by atoms with Gasteiger partial charge in [-0.05, 0) is 35.1 Å². The molecule has 0 N–H and O–H groups in total. The van der Waals surface area contributed by atoms with Crippen LogP contribution in [0.25, 0.3) is 10.8 Å². The van der Waals surface area contributed by atoms with Gasteiger partial charge in [0, 0.05) is 16.0 Å². The molecule has 0 radical (unpaired) electrons. The number of hydrogen-bond donors (Lipinski definition) is 0. The lowest BCUT2D eigenvalue weighted by Crippen LogP contribution is -1.94. The Balaban J connectivity index is 2.81. The highest BCUT2D eigenvalue weighted by atomic mass is 35.5. The van der Waals surface area contributed by atoms with E-state index < -0.39 is 6.43 Å². The molecule has 0 heterocycles. The van der Waals surface area contributed by atoms with Gasteiger partial charge in [-0.3, -0.25) is 0 Å². The Labute approximate surface area is 104 Å². The molecule has 0 fully saturated rings. The van der Waals surface area contributed by atoms with Gasteiger partial charge in [0.1, 0.15) is 0 Å². The van der Waals surface area contributed by atoms with Gasteiger partial charge in [-0.25, -0.2) is 8.78 Å². The molecule has 0 saturated heterocycles. The molecule has 3 heteroatoms.